The number of ether oxygens (including phenoxy) is 3. The topological polar surface area (TPSA) is 110 Å². The van der Waals surface area contributed by atoms with Crippen LogP contribution in [0.2, 0.25) is 0 Å². The second-order valence-corrected chi connectivity index (χ2v) is 3.44. The van der Waals surface area contributed by atoms with Gasteiger partial charge in [0.15, 0.2) is 0 Å². The summed E-state index contributed by atoms with van der Waals surface area (Å²) in [5, 5.41) is 10.5. The minimum Gasteiger partial charge on any atom is -0.467 e. The van der Waals surface area contributed by atoms with Crippen molar-refractivity contribution in [3.05, 3.63) is 34.4 Å². The van der Waals surface area contributed by atoms with Crippen molar-refractivity contribution in [2.45, 2.75) is 0 Å². The van der Waals surface area contributed by atoms with Crippen molar-refractivity contribution >= 4 is 5.69 Å². The van der Waals surface area contributed by atoms with Crippen LogP contribution in [0.15, 0.2) is 24.3 Å². The SMILES string of the molecule is COc1nc(OC)nc(Oc2ccc([N+](=O)[O-])cc2)n1. The number of aromatic nitrogens is 3. The standard InChI is InChI=1S/C11H10N4O5/c1-18-9-12-10(19-2)14-11(13-9)20-8-5-3-7(4-6-8)15(16)17/h3-6H,1-2H3. The number of benzene rings is 1. The number of rotatable bonds is 5. The van der Waals surface area contributed by atoms with E-state index in [1.54, 1.807) is 0 Å². The predicted octanol–water partition coefficient (Wildman–Crippen LogP) is 1.59. The van der Waals surface area contributed by atoms with E-state index < -0.39 is 4.92 Å². The molecule has 0 radical (unpaired) electrons. The Hall–Kier alpha value is -2.97. The lowest BCUT2D eigenvalue weighted by Gasteiger charge is -2.06. The number of nitro benzene ring substituents is 1. The number of nitro groups is 1. The molecule has 2 aromatic rings. The van der Waals surface area contributed by atoms with Gasteiger partial charge in [0.05, 0.1) is 19.1 Å². The summed E-state index contributed by atoms with van der Waals surface area (Å²) in [6.07, 6.45) is 0. The molecule has 1 aromatic carbocycles. The van der Waals surface area contributed by atoms with Crippen LogP contribution >= 0.6 is 0 Å². The Morgan fingerprint density at radius 3 is 1.90 bits per heavy atom. The lowest BCUT2D eigenvalue weighted by atomic mass is 10.3. The molecule has 0 bridgehead atoms. The molecule has 0 saturated carbocycles. The van der Waals surface area contributed by atoms with E-state index in [4.69, 9.17) is 14.2 Å². The maximum Gasteiger partial charge on any atom is 0.331 e. The van der Waals surface area contributed by atoms with Crippen LogP contribution in [-0.4, -0.2) is 34.1 Å². The molecule has 1 heterocycles. The summed E-state index contributed by atoms with van der Waals surface area (Å²) >= 11 is 0. The molecule has 0 spiro atoms. The van der Waals surface area contributed by atoms with Gasteiger partial charge in [0.2, 0.25) is 0 Å². The fourth-order valence-corrected chi connectivity index (χ4v) is 1.29. The molecule has 0 aliphatic heterocycles. The van der Waals surface area contributed by atoms with Crippen molar-refractivity contribution in [2.75, 3.05) is 14.2 Å². The highest BCUT2D eigenvalue weighted by Crippen LogP contribution is 2.23. The Bertz CT molecular complexity index is 594. The normalized spacial score (nSPS) is 9.90. The van der Waals surface area contributed by atoms with Gasteiger partial charge in [-0.05, 0) is 12.1 Å². The summed E-state index contributed by atoms with van der Waals surface area (Å²) in [5.74, 6) is 0.339. The van der Waals surface area contributed by atoms with Gasteiger partial charge in [-0.1, -0.05) is 0 Å². The highest BCUT2D eigenvalue weighted by atomic mass is 16.6. The van der Waals surface area contributed by atoms with Crippen molar-refractivity contribution in [2.24, 2.45) is 0 Å². The third-order valence-corrected chi connectivity index (χ3v) is 2.20. The van der Waals surface area contributed by atoms with Crippen molar-refractivity contribution < 1.29 is 19.1 Å². The number of non-ortho nitro benzene ring substituents is 1. The highest BCUT2D eigenvalue weighted by Gasteiger charge is 2.10. The molecular formula is C11H10N4O5. The fraction of sp³-hybridized carbons (Fsp3) is 0.182. The summed E-state index contributed by atoms with van der Waals surface area (Å²) < 4.78 is 15.1. The first-order valence-electron chi connectivity index (χ1n) is 5.38. The average Bonchev–Trinajstić information content (AvgIpc) is 2.47. The minimum absolute atomic E-state index is 0.0359. The molecule has 9 heteroatoms. The molecular weight excluding hydrogens is 268 g/mol. The van der Waals surface area contributed by atoms with Crippen LogP contribution in [-0.2, 0) is 0 Å². The van der Waals surface area contributed by atoms with Crippen LogP contribution in [0.3, 0.4) is 0 Å². The van der Waals surface area contributed by atoms with Gasteiger partial charge < -0.3 is 14.2 Å². The Kier molecular flexibility index (Phi) is 3.89. The number of hydrogen-bond acceptors (Lipinski definition) is 8. The fourth-order valence-electron chi connectivity index (χ4n) is 1.29. The third kappa shape index (κ3) is 3.07. The third-order valence-electron chi connectivity index (χ3n) is 2.20. The van der Waals surface area contributed by atoms with E-state index in [-0.39, 0.29) is 23.7 Å². The summed E-state index contributed by atoms with van der Waals surface area (Å²) in [4.78, 5) is 21.6. The van der Waals surface area contributed by atoms with E-state index in [2.05, 4.69) is 15.0 Å². The largest absolute Gasteiger partial charge is 0.467 e. The van der Waals surface area contributed by atoms with Crippen molar-refractivity contribution in [3.63, 3.8) is 0 Å². The van der Waals surface area contributed by atoms with Crippen LogP contribution in [0, 0.1) is 10.1 Å². The molecule has 1 aromatic heterocycles. The molecule has 0 N–H and O–H groups in total. The number of hydrogen-bond donors (Lipinski definition) is 0. The van der Waals surface area contributed by atoms with E-state index in [0.29, 0.717) is 5.75 Å². The Morgan fingerprint density at radius 2 is 1.45 bits per heavy atom. The van der Waals surface area contributed by atoms with Gasteiger partial charge in [-0.15, -0.1) is 15.0 Å². The summed E-state index contributed by atoms with van der Waals surface area (Å²) in [5.41, 5.74) is -0.0387. The summed E-state index contributed by atoms with van der Waals surface area (Å²) in [6, 6.07) is 5.52. The molecule has 9 nitrogen and oxygen atoms in total. The first-order chi connectivity index (χ1) is 9.62. The summed E-state index contributed by atoms with van der Waals surface area (Å²) in [6.45, 7) is 0. The first kappa shape index (κ1) is 13.5. The van der Waals surface area contributed by atoms with Gasteiger partial charge in [0, 0.05) is 12.1 Å². The predicted molar refractivity (Wildman–Crippen MR) is 66.1 cm³/mol. The van der Waals surface area contributed by atoms with E-state index >= 15 is 0 Å². The molecule has 0 amide bonds. The van der Waals surface area contributed by atoms with E-state index in [1.807, 2.05) is 0 Å². The molecule has 0 unspecified atom stereocenters. The van der Waals surface area contributed by atoms with Gasteiger partial charge in [-0.25, -0.2) is 0 Å². The van der Waals surface area contributed by atoms with Crippen LogP contribution in [0.1, 0.15) is 0 Å². The smallest absolute Gasteiger partial charge is 0.331 e. The zero-order valence-corrected chi connectivity index (χ0v) is 10.6. The molecule has 104 valence electrons. The maximum atomic E-state index is 10.5. The Balaban J connectivity index is 2.22. The summed E-state index contributed by atoms with van der Waals surface area (Å²) in [7, 11) is 2.79. The van der Waals surface area contributed by atoms with Gasteiger partial charge in [0.1, 0.15) is 5.75 Å². The number of methoxy groups -OCH3 is 2. The van der Waals surface area contributed by atoms with Crippen LogP contribution in [0.4, 0.5) is 5.69 Å². The highest BCUT2D eigenvalue weighted by molar-refractivity contribution is 5.37. The van der Waals surface area contributed by atoms with Crippen molar-refractivity contribution in [1.29, 1.82) is 0 Å². The van der Waals surface area contributed by atoms with E-state index in [9.17, 15) is 10.1 Å². The molecule has 0 aliphatic carbocycles. The molecule has 0 fully saturated rings. The second kappa shape index (κ2) is 5.78. The first-order valence-corrected chi connectivity index (χ1v) is 5.38. The zero-order chi connectivity index (χ0) is 14.5. The van der Waals surface area contributed by atoms with E-state index in [1.165, 1.54) is 38.5 Å². The lowest BCUT2D eigenvalue weighted by Crippen LogP contribution is -2.01. The molecule has 20 heavy (non-hydrogen) atoms. The Labute approximate surface area is 113 Å². The monoisotopic (exact) mass is 278 g/mol. The van der Waals surface area contributed by atoms with Crippen LogP contribution in [0.25, 0.3) is 0 Å². The molecule has 0 atom stereocenters. The Morgan fingerprint density at radius 1 is 0.950 bits per heavy atom. The van der Waals surface area contributed by atoms with Gasteiger partial charge in [-0.2, -0.15) is 0 Å². The lowest BCUT2D eigenvalue weighted by molar-refractivity contribution is -0.384. The number of nitrogens with zero attached hydrogens (tertiary/aromatic N) is 4. The van der Waals surface area contributed by atoms with E-state index in [0.717, 1.165) is 0 Å². The second-order valence-electron chi connectivity index (χ2n) is 3.44. The molecule has 2 rings (SSSR count). The van der Waals surface area contributed by atoms with Gasteiger partial charge in [-0.3, -0.25) is 10.1 Å². The molecule has 0 aliphatic rings. The molecule has 0 saturated heterocycles. The maximum absolute atomic E-state index is 10.5. The van der Waals surface area contributed by atoms with Crippen LogP contribution in [0.5, 0.6) is 23.8 Å². The zero-order valence-electron chi connectivity index (χ0n) is 10.6. The van der Waals surface area contributed by atoms with Crippen LogP contribution < -0.4 is 14.2 Å². The van der Waals surface area contributed by atoms with Crippen molar-refractivity contribution in [3.8, 4) is 23.8 Å². The van der Waals surface area contributed by atoms with Gasteiger partial charge >= 0.3 is 18.0 Å². The van der Waals surface area contributed by atoms with Crippen molar-refractivity contribution in [1.82, 2.24) is 15.0 Å². The minimum atomic E-state index is -0.501. The average molecular weight is 278 g/mol. The van der Waals surface area contributed by atoms with Gasteiger partial charge in [0.25, 0.3) is 5.69 Å². The quantitative estimate of drug-likeness (QED) is 0.599.